The summed E-state index contributed by atoms with van der Waals surface area (Å²) in [7, 11) is 0. The molecule has 0 spiro atoms. The van der Waals surface area contributed by atoms with Gasteiger partial charge in [0.15, 0.2) is 5.82 Å². The normalized spacial score (nSPS) is 16.4. The summed E-state index contributed by atoms with van der Waals surface area (Å²) in [6, 6.07) is 5.46. The van der Waals surface area contributed by atoms with E-state index in [-0.39, 0.29) is 12.1 Å². The number of aromatic amines is 1. The van der Waals surface area contributed by atoms with Crippen LogP contribution in [0.1, 0.15) is 17.7 Å². The zero-order valence-corrected chi connectivity index (χ0v) is 12.9. The Morgan fingerprint density at radius 1 is 1.33 bits per heavy atom. The molecule has 1 unspecified atom stereocenters. The summed E-state index contributed by atoms with van der Waals surface area (Å²) in [5.41, 5.74) is 2.97. The number of amides is 2. The third kappa shape index (κ3) is 2.98. The van der Waals surface area contributed by atoms with E-state index in [0.29, 0.717) is 11.5 Å². The number of H-pyrrole nitrogens is 1. The van der Waals surface area contributed by atoms with E-state index >= 15 is 0 Å². The molecule has 3 aromatic rings. The smallest absolute Gasteiger partial charge is 0.319 e. The average molecular weight is 323 g/mol. The number of aryl methyl sites for hydroxylation is 1. The molecule has 0 aromatic carbocycles. The molecular formula is C16H17N7O. The number of rotatable bonds is 3. The first kappa shape index (κ1) is 14.4. The number of carbonyl (C=O) groups is 1. The molecule has 3 aromatic heterocycles. The van der Waals surface area contributed by atoms with E-state index in [2.05, 4.69) is 30.9 Å². The molecule has 24 heavy (non-hydrogen) atoms. The van der Waals surface area contributed by atoms with E-state index in [4.69, 9.17) is 0 Å². The lowest BCUT2D eigenvalue weighted by molar-refractivity contribution is 0.247. The number of hydrogen-bond donors (Lipinski definition) is 3. The fourth-order valence-electron chi connectivity index (χ4n) is 2.89. The zero-order chi connectivity index (χ0) is 16.4. The Bertz CT molecular complexity index is 839. The first-order valence-corrected chi connectivity index (χ1v) is 7.82. The molecule has 122 valence electrons. The molecule has 0 aliphatic heterocycles. The Morgan fingerprint density at radius 3 is 3.17 bits per heavy atom. The molecular weight excluding hydrogens is 306 g/mol. The molecule has 8 heteroatoms. The van der Waals surface area contributed by atoms with E-state index < -0.39 is 0 Å². The van der Waals surface area contributed by atoms with E-state index in [1.54, 1.807) is 23.3 Å². The minimum Gasteiger partial charge on any atom is -0.335 e. The van der Waals surface area contributed by atoms with Gasteiger partial charge in [-0.05, 0) is 37.0 Å². The van der Waals surface area contributed by atoms with Crippen LogP contribution in [0.5, 0.6) is 0 Å². The van der Waals surface area contributed by atoms with Gasteiger partial charge in [-0.1, -0.05) is 6.07 Å². The van der Waals surface area contributed by atoms with Crippen LogP contribution < -0.4 is 10.6 Å². The lowest BCUT2D eigenvalue weighted by atomic mass is 9.94. The Balaban J connectivity index is 1.36. The van der Waals surface area contributed by atoms with Crippen molar-refractivity contribution in [1.82, 2.24) is 30.3 Å². The minimum absolute atomic E-state index is 0.112. The highest BCUT2D eigenvalue weighted by molar-refractivity contribution is 5.89. The van der Waals surface area contributed by atoms with E-state index in [9.17, 15) is 4.79 Å². The second kappa shape index (κ2) is 6.15. The quantitative estimate of drug-likeness (QED) is 0.682. The molecule has 4 rings (SSSR count). The van der Waals surface area contributed by atoms with Crippen LogP contribution in [-0.4, -0.2) is 37.0 Å². The largest absolute Gasteiger partial charge is 0.335 e. The van der Waals surface area contributed by atoms with Crippen LogP contribution in [0.4, 0.5) is 10.5 Å². The number of urea groups is 1. The van der Waals surface area contributed by atoms with Crippen LogP contribution >= 0.6 is 0 Å². The fourth-order valence-corrected chi connectivity index (χ4v) is 2.89. The first-order chi connectivity index (χ1) is 11.8. The SMILES string of the molecule is O=C(Nc1cnn(-c2ccccn2)c1)NC1CCc2[nH]ncc2C1. The predicted molar refractivity (Wildman–Crippen MR) is 87.9 cm³/mol. The van der Waals surface area contributed by atoms with Crippen LogP contribution in [-0.2, 0) is 12.8 Å². The van der Waals surface area contributed by atoms with Gasteiger partial charge in [-0.25, -0.2) is 14.5 Å². The van der Waals surface area contributed by atoms with Crippen molar-refractivity contribution in [3.63, 3.8) is 0 Å². The molecule has 2 amide bonds. The lowest BCUT2D eigenvalue weighted by Crippen LogP contribution is -2.41. The predicted octanol–water partition coefficient (Wildman–Crippen LogP) is 1.67. The van der Waals surface area contributed by atoms with Crippen molar-refractivity contribution < 1.29 is 4.79 Å². The van der Waals surface area contributed by atoms with Gasteiger partial charge in [0.1, 0.15) is 0 Å². The lowest BCUT2D eigenvalue weighted by Gasteiger charge is -2.22. The molecule has 0 saturated carbocycles. The van der Waals surface area contributed by atoms with Gasteiger partial charge in [0, 0.05) is 17.9 Å². The maximum Gasteiger partial charge on any atom is 0.319 e. The summed E-state index contributed by atoms with van der Waals surface area (Å²) in [4.78, 5) is 16.4. The number of nitrogens with zero attached hydrogens (tertiary/aromatic N) is 4. The summed E-state index contributed by atoms with van der Waals surface area (Å²) < 4.78 is 1.62. The molecule has 0 saturated heterocycles. The van der Waals surface area contributed by atoms with Gasteiger partial charge in [-0.15, -0.1) is 0 Å². The molecule has 0 fully saturated rings. The van der Waals surface area contributed by atoms with Crippen molar-refractivity contribution in [2.24, 2.45) is 0 Å². The summed E-state index contributed by atoms with van der Waals surface area (Å²) in [5, 5.41) is 17.1. The van der Waals surface area contributed by atoms with Gasteiger partial charge in [0.25, 0.3) is 0 Å². The maximum atomic E-state index is 12.2. The number of anilines is 1. The summed E-state index contributed by atoms with van der Waals surface area (Å²) >= 11 is 0. The van der Waals surface area contributed by atoms with Crippen LogP contribution in [0.15, 0.2) is 43.0 Å². The topological polar surface area (TPSA) is 101 Å². The van der Waals surface area contributed by atoms with E-state index in [1.807, 2.05) is 24.4 Å². The van der Waals surface area contributed by atoms with E-state index in [0.717, 1.165) is 19.3 Å². The van der Waals surface area contributed by atoms with Crippen molar-refractivity contribution in [1.29, 1.82) is 0 Å². The third-order valence-corrected chi connectivity index (χ3v) is 4.08. The summed E-state index contributed by atoms with van der Waals surface area (Å²) in [5.74, 6) is 0.700. The maximum absolute atomic E-state index is 12.2. The highest BCUT2D eigenvalue weighted by Gasteiger charge is 2.21. The van der Waals surface area contributed by atoms with Crippen LogP contribution in [0.2, 0.25) is 0 Å². The highest BCUT2D eigenvalue weighted by atomic mass is 16.2. The first-order valence-electron chi connectivity index (χ1n) is 7.82. The zero-order valence-electron chi connectivity index (χ0n) is 12.9. The van der Waals surface area contributed by atoms with Crippen molar-refractivity contribution in [2.45, 2.75) is 25.3 Å². The Kier molecular flexibility index (Phi) is 3.70. The monoisotopic (exact) mass is 323 g/mol. The third-order valence-electron chi connectivity index (χ3n) is 4.08. The van der Waals surface area contributed by atoms with E-state index in [1.165, 1.54) is 11.3 Å². The highest BCUT2D eigenvalue weighted by Crippen LogP contribution is 2.19. The Hall–Kier alpha value is -3.16. The van der Waals surface area contributed by atoms with Crippen molar-refractivity contribution in [3.8, 4) is 5.82 Å². The molecule has 1 aliphatic carbocycles. The number of nitrogens with one attached hydrogen (secondary N) is 3. The number of hydrogen-bond acceptors (Lipinski definition) is 4. The second-order valence-corrected chi connectivity index (χ2v) is 5.77. The Morgan fingerprint density at radius 2 is 2.29 bits per heavy atom. The standard InChI is InChI=1S/C16H17N7O/c24-16(20-12-4-5-14-11(7-12)8-18-22-14)21-13-9-19-23(10-13)15-3-1-2-6-17-15/h1-3,6,8-10,12H,4-5,7H2,(H,18,22)(H2,20,21,24). The van der Waals surface area contributed by atoms with Crippen molar-refractivity contribution >= 4 is 11.7 Å². The molecule has 1 aliphatic rings. The van der Waals surface area contributed by atoms with Gasteiger partial charge in [-0.2, -0.15) is 10.2 Å². The number of aromatic nitrogens is 5. The average Bonchev–Trinajstić information content (AvgIpc) is 3.24. The van der Waals surface area contributed by atoms with Crippen LogP contribution in [0, 0.1) is 0 Å². The van der Waals surface area contributed by atoms with Crippen molar-refractivity contribution in [2.75, 3.05) is 5.32 Å². The number of carbonyl (C=O) groups excluding carboxylic acids is 1. The van der Waals surface area contributed by atoms with Gasteiger partial charge in [-0.3, -0.25) is 5.10 Å². The molecule has 1 atom stereocenters. The van der Waals surface area contributed by atoms with Crippen LogP contribution in [0.3, 0.4) is 0 Å². The molecule has 0 bridgehead atoms. The number of pyridine rings is 1. The van der Waals surface area contributed by atoms with Gasteiger partial charge in [0.05, 0.1) is 24.3 Å². The molecule has 3 N–H and O–H groups in total. The molecule has 8 nitrogen and oxygen atoms in total. The van der Waals surface area contributed by atoms with Crippen LogP contribution in [0.25, 0.3) is 5.82 Å². The Labute approximate surface area is 138 Å². The number of fused-ring (bicyclic) bond motifs is 1. The summed E-state index contributed by atoms with van der Waals surface area (Å²) in [6.07, 6.45) is 9.46. The van der Waals surface area contributed by atoms with Gasteiger partial charge in [0.2, 0.25) is 0 Å². The molecule has 3 heterocycles. The summed E-state index contributed by atoms with van der Waals surface area (Å²) in [6.45, 7) is 0. The van der Waals surface area contributed by atoms with Crippen molar-refractivity contribution in [3.05, 3.63) is 54.2 Å². The fraction of sp³-hybridized carbons (Fsp3) is 0.250. The van der Waals surface area contributed by atoms with Gasteiger partial charge < -0.3 is 10.6 Å². The second-order valence-electron chi connectivity index (χ2n) is 5.77. The minimum atomic E-state index is -0.229. The molecule has 0 radical (unpaired) electrons. The van der Waals surface area contributed by atoms with Gasteiger partial charge >= 0.3 is 6.03 Å².